The number of aromatic nitrogens is 3. The summed E-state index contributed by atoms with van der Waals surface area (Å²) in [5.74, 6) is 2.21. The lowest BCUT2D eigenvalue weighted by molar-refractivity contribution is -0.0562. The average molecular weight is 520 g/mol. The van der Waals surface area contributed by atoms with Crippen LogP contribution >= 0.6 is 0 Å². The van der Waals surface area contributed by atoms with Crippen LogP contribution in [0.25, 0.3) is 0 Å². The molecule has 2 atom stereocenters. The van der Waals surface area contributed by atoms with Crippen LogP contribution in [0.3, 0.4) is 0 Å². The van der Waals surface area contributed by atoms with Gasteiger partial charge in [-0.05, 0) is 56.7 Å². The SMILES string of the molecule is COC[C@@H](F)CN(CCCCc1ccc2c(n1)NCCC2)CC[C@H](Nc1cc(N(C)C)ncn1)C(O)O. The molecule has 1 aliphatic heterocycles. The molecule has 0 saturated heterocycles. The molecule has 2 aromatic rings. The Kier molecular flexibility index (Phi) is 11.7. The van der Waals surface area contributed by atoms with E-state index in [2.05, 4.69) is 32.7 Å². The average Bonchev–Trinajstić information content (AvgIpc) is 2.88. The van der Waals surface area contributed by atoms with Gasteiger partial charge >= 0.3 is 0 Å². The van der Waals surface area contributed by atoms with E-state index < -0.39 is 18.5 Å². The minimum Gasteiger partial charge on any atom is -0.382 e. The fraction of sp³-hybridized carbons (Fsp3) is 0.654. The van der Waals surface area contributed by atoms with E-state index in [-0.39, 0.29) is 13.2 Å². The minimum atomic E-state index is -1.59. The van der Waals surface area contributed by atoms with Crippen molar-refractivity contribution in [2.75, 3.05) is 69.5 Å². The predicted molar refractivity (Wildman–Crippen MR) is 144 cm³/mol. The van der Waals surface area contributed by atoms with Gasteiger partial charge in [0.1, 0.15) is 30.0 Å². The van der Waals surface area contributed by atoms with E-state index in [0.29, 0.717) is 31.1 Å². The molecular weight excluding hydrogens is 477 g/mol. The number of alkyl halides is 1. The summed E-state index contributed by atoms with van der Waals surface area (Å²) in [5, 5.41) is 26.4. The van der Waals surface area contributed by atoms with Crippen LogP contribution in [0.5, 0.6) is 0 Å². The number of ether oxygens (including phenoxy) is 1. The van der Waals surface area contributed by atoms with Gasteiger partial charge in [-0.2, -0.15) is 0 Å². The van der Waals surface area contributed by atoms with Crippen molar-refractivity contribution in [1.29, 1.82) is 0 Å². The Labute approximate surface area is 219 Å². The molecule has 11 heteroatoms. The lowest BCUT2D eigenvalue weighted by Crippen LogP contribution is -2.40. The standard InChI is InChI=1S/C26H42FN7O3/c1-33(2)24-15-23(29-18-30-24)32-22(26(35)36)11-14-34(16-20(27)17-37-3)13-5-4-8-21-10-9-19-7-6-12-28-25(19)31-21/h9-10,15,18,20,22,26,35-36H,4-8,11-14,16-17H2,1-3H3,(H,28,31)(H,29,30,32)/t20-,22-/m0/s1. The number of hydrogen-bond acceptors (Lipinski definition) is 10. The van der Waals surface area contributed by atoms with Crippen LogP contribution in [0, 0.1) is 0 Å². The van der Waals surface area contributed by atoms with Crippen LogP contribution in [0.4, 0.5) is 21.8 Å². The van der Waals surface area contributed by atoms with Crippen LogP contribution in [0.2, 0.25) is 0 Å². The molecule has 1 aliphatic rings. The van der Waals surface area contributed by atoms with E-state index in [4.69, 9.17) is 9.72 Å². The second-order valence-corrected chi connectivity index (χ2v) is 9.76. The molecule has 0 bridgehead atoms. The van der Waals surface area contributed by atoms with Gasteiger partial charge in [-0.25, -0.2) is 19.3 Å². The third-order valence-corrected chi connectivity index (χ3v) is 6.47. The minimum absolute atomic E-state index is 0.0289. The second kappa shape index (κ2) is 15.0. The molecule has 0 spiro atoms. The van der Waals surface area contributed by atoms with Crippen molar-refractivity contribution >= 4 is 17.5 Å². The zero-order valence-corrected chi connectivity index (χ0v) is 22.2. The summed E-state index contributed by atoms with van der Waals surface area (Å²) in [7, 11) is 5.23. The Bertz CT molecular complexity index is 950. The van der Waals surface area contributed by atoms with Gasteiger partial charge < -0.3 is 35.4 Å². The fourth-order valence-corrected chi connectivity index (χ4v) is 4.44. The number of rotatable bonds is 16. The van der Waals surface area contributed by atoms with Crippen LogP contribution in [-0.2, 0) is 17.6 Å². The van der Waals surface area contributed by atoms with Gasteiger partial charge in [0.25, 0.3) is 0 Å². The quantitative estimate of drug-likeness (QED) is 0.194. The van der Waals surface area contributed by atoms with E-state index in [0.717, 1.165) is 50.2 Å². The Morgan fingerprint density at radius 3 is 2.78 bits per heavy atom. The summed E-state index contributed by atoms with van der Waals surface area (Å²) in [4.78, 5) is 17.0. The van der Waals surface area contributed by atoms with Gasteiger partial charge in [0, 0.05) is 52.6 Å². The second-order valence-electron chi connectivity index (χ2n) is 9.76. The Morgan fingerprint density at radius 1 is 1.19 bits per heavy atom. The normalized spacial score (nSPS) is 14.8. The van der Waals surface area contributed by atoms with Crippen molar-refractivity contribution in [3.05, 3.63) is 35.8 Å². The number of pyridine rings is 1. The molecule has 206 valence electrons. The first-order valence-corrected chi connectivity index (χ1v) is 13.1. The molecule has 3 heterocycles. The van der Waals surface area contributed by atoms with Crippen molar-refractivity contribution in [2.45, 2.75) is 57.0 Å². The van der Waals surface area contributed by atoms with Crippen LogP contribution in [0.15, 0.2) is 24.5 Å². The highest BCUT2D eigenvalue weighted by Gasteiger charge is 2.21. The number of halogens is 1. The molecular formula is C26H42FN7O3. The van der Waals surface area contributed by atoms with Crippen LogP contribution in [0.1, 0.15) is 36.9 Å². The highest BCUT2D eigenvalue weighted by atomic mass is 19.1. The van der Waals surface area contributed by atoms with Gasteiger partial charge in [0.15, 0.2) is 6.29 Å². The van der Waals surface area contributed by atoms with Gasteiger partial charge in [0.2, 0.25) is 0 Å². The number of aliphatic hydroxyl groups is 2. The molecule has 37 heavy (non-hydrogen) atoms. The molecule has 0 amide bonds. The lowest BCUT2D eigenvalue weighted by Gasteiger charge is -2.28. The van der Waals surface area contributed by atoms with E-state index in [9.17, 15) is 14.6 Å². The van der Waals surface area contributed by atoms with Crippen LogP contribution < -0.4 is 15.5 Å². The number of aryl methyl sites for hydroxylation is 2. The third kappa shape index (κ3) is 9.66. The Morgan fingerprint density at radius 2 is 2.03 bits per heavy atom. The monoisotopic (exact) mass is 519 g/mol. The molecule has 0 aromatic carbocycles. The largest absolute Gasteiger partial charge is 0.382 e. The van der Waals surface area contributed by atoms with Gasteiger partial charge in [-0.3, -0.25) is 0 Å². The number of methoxy groups -OCH3 is 1. The molecule has 0 radical (unpaired) electrons. The van der Waals surface area contributed by atoms with E-state index >= 15 is 0 Å². The first-order chi connectivity index (χ1) is 17.9. The maximum absolute atomic E-state index is 14.4. The summed E-state index contributed by atoms with van der Waals surface area (Å²) in [5.41, 5.74) is 2.35. The molecule has 3 rings (SSSR count). The van der Waals surface area contributed by atoms with Gasteiger partial charge in [-0.15, -0.1) is 0 Å². The number of fused-ring (bicyclic) bond motifs is 1. The van der Waals surface area contributed by atoms with Crippen molar-refractivity contribution in [2.24, 2.45) is 0 Å². The zero-order valence-electron chi connectivity index (χ0n) is 22.2. The molecule has 4 N–H and O–H groups in total. The van der Waals surface area contributed by atoms with E-state index in [1.165, 1.54) is 19.0 Å². The zero-order chi connectivity index (χ0) is 26.6. The van der Waals surface area contributed by atoms with Crippen molar-refractivity contribution in [3.63, 3.8) is 0 Å². The topological polar surface area (TPSA) is 119 Å². The lowest BCUT2D eigenvalue weighted by atomic mass is 10.1. The number of aliphatic hydroxyl groups excluding tert-OH is 1. The summed E-state index contributed by atoms with van der Waals surface area (Å²) in [6.07, 6.45) is 4.00. The van der Waals surface area contributed by atoms with Crippen molar-refractivity contribution in [3.8, 4) is 0 Å². The number of anilines is 3. The van der Waals surface area contributed by atoms with Crippen molar-refractivity contribution in [1.82, 2.24) is 19.9 Å². The maximum atomic E-state index is 14.4. The maximum Gasteiger partial charge on any atom is 0.172 e. The Hall–Kier alpha value is -2.60. The highest BCUT2D eigenvalue weighted by Crippen LogP contribution is 2.20. The van der Waals surface area contributed by atoms with E-state index in [1.54, 1.807) is 6.07 Å². The molecule has 0 unspecified atom stereocenters. The summed E-state index contributed by atoms with van der Waals surface area (Å²) in [6.45, 7) is 2.41. The van der Waals surface area contributed by atoms with E-state index in [1.807, 2.05) is 23.9 Å². The number of hydrogen-bond donors (Lipinski definition) is 4. The van der Waals surface area contributed by atoms with Crippen LogP contribution in [-0.4, -0.2) is 103 Å². The van der Waals surface area contributed by atoms with Crippen molar-refractivity contribution < 1.29 is 19.3 Å². The molecule has 2 aromatic heterocycles. The first-order valence-electron chi connectivity index (χ1n) is 13.1. The van der Waals surface area contributed by atoms with Gasteiger partial charge in [0.05, 0.1) is 12.6 Å². The molecule has 0 saturated carbocycles. The number of nitrogens with zero attached hydrogens (tertiary/aromatic N) is 5. The number of unbranched alkanes of at least 4 members (excludes halogenated alkanes) is 1. The molecule has 10 nitrogen and oxygen atoms in total. The smallest absolute Gasteiger partial charge is 0.172 e. The fourth-order valence-electron chi connectivity index (χ4n) is 4.44. The molecule has 0 fully saturated rings. The first kappa shape index (κ1) is 29.0. The summed E-state index contributed by atoms with van der Waals surface area (Å²) in [6, 6.07) is 5.35. The highest BCUT2D eigenvalue weighted by molar-refractivity contribution is 5.48. The summed E-state index contributed by atoms with van der Waals surface area (Å²) >= 11 is 0. The number of nitrogens with one attached hydrogen (secondary N) is 2. The third-order valence-electron chi connectivity index (χ3n) is 6.47. The summed E-state index contributed by atoms with van der Waals surface area (Å²) < 4.78 is 19.4. The van der Waals surface area contributed by atoms with Gasteiger partial charge in [-0.1, -0.05) is 6.07 Å². The molecule has 0 aliphatic carbocycles. The predicted octanol–water partition coefficient (Wildman–Crippen LogP) is 2.09. The Balaban J connectivity index is 1.53.